The standard InChI is InChI=1S/C23H21F3N2O3S/c1-16-8-6-13-21(17(16)2)28(32(30,31)20-11-4-3-5-12-20)15-22(29)27-19-10-7-9-18(14-19)23(24,25)26/h3-14H,15H2,1-2H3,(H,27,29). The van der Waals surface area contributed by atoms with E-state index < -0.39 is 34.2 Å². The molecule has 0 aliphatic rings. The number of hydrogen-bond acceptors (Lipinski definition) is 3. The molecule has 0 unspecified atom stereocenters. The largest absolute Gasteiger partial charge is 0.416 e. The number of carbonyl (C=O) groups is 1. The maximum absolute atomic E-state index is 13.4. The third-order valence-corrected chi connectivity index (χ3v) is 6.71. The van der Waals surface area contributed by atoms with Crippen LogP contribution in [0.2, 0.25) is 0 Å². The Balaban J connectivity index is 1.96. The molecular formula is C23H21F3N2O3S. The van der Waals surface area contributed by atoms with E-state index >= 15 is 0 Å². The van der Waals surface area contributed by atoms with Crippen LogP contribution in [0.4, 0.5) is 24.5 Å². The van der Waals surface area contributed by atoms with E-state index in [-0.39, 0.29) is 10.6 Å². The quantitative estimate of drug-likeness (QED) is 0.551. The lowest BCUT2D eigenvalue weighted by molar-refractivity contribution is -0.137. The second-order valence-corrected chi connectivity index (χ2v) is 9.03. The third-order valence-electron chi connectivity index (χ3n) is 4.94. The Hall–Kier alpha value is -3.33. The molecule has 1 amide bonds. The molecule has 32 heavy (non-hydrogen) atoms. The highest BCUT2D eigenvalue weighted by molar-refractivity contribution is 7.92. The summed E-state index contributed by atoms with van der Waals surface area (Å²) in [4.78, 5) is 12.7. The Bertz CT molecular complexity index is 1230. The molecule has 3 aromatic carbocycles. The minimum absolute atomic E-state index is 0.00669. The molecule has 0 saturated carbocycles. The molecule has 0 aromatic heterocycles. The summed E-state index contributed by atoms with van der Waals surface area (Å²) in [5.41, 5.74) is 0.808. The summed E-state index contributed by atoms with van der Waals surface area (Å²) in [6.45, 7) is 2.94. The van der Waals surface area contributed by atoms with Gasteiger partial charge in [0.05, 0.1) is 16.1 Å². The van der Waals surface area contributed by atoms with Gasteiger partial charge in [0.1, 0.15) is 6.54 Å². The number of hydrogen-bond donors (Lipinski definition) is 1. The molecule has 0 aliphatic heterocycles. The SMILES string of the molecule is Cc1cccc(N(CC(=O)Nc2cccc(C(F)(F)F)c2)S(=O)(=O)c2ccccc2)c1C. The number of benzene rings is 3. The maximum atomic E-state index is 13.4. The highest BCUT2D eigenvalue weighted by Gasteiger charge is 2.31. The number of nitrogens with one attached hydrogen (secondary N) is 1. The number of aryl methyl sites for hydroxylation is 1. The number of carbonyl (C=O) groups excluding carboxylic acids is 1. The number of halogens is 3. The third kappa shape index (κ3) is 5.11. The van der Waals surface area contributed by atoms with Crippen molar-refractivity contribution in [2.45, 2.75) is 24.9 Å². The Labute approximate surface area is 184 Å². The first-order valence-corrected chi connectivity index (χ1v) is 11.1. The number of nitrogens with zero attached hydrogens (tertiary/aromatic N) is 1. The second kappa shape index (κ2) is 9.04. The maximum Gasteiger partial charge on any atom is 0.416 e. The van der Waals surface area contributed by atoms with Gasteiger partial charge < -0.3 is 5.32 Å². The van der Waals surface area contributed by atoms with Gasteiger partial charge in [-0.1, -0.05) is 36.4 Å². The van der Waals surface area contributed by atoms with E-state index in [1.54, 1.807) is 37.3 Å². The summed E-state index contributed by atoms with van der Waals surface area (Å²) in [7, 11) is -4.12. The van der Waals surface area contributed by atoms with Crippen molar-refractivity contribution in [3.63, 3.8) is 0 Å². The van der Waals surface area contributed by atoms with Crippen LogP contribution in [-0.2, 0) is 21.0 Å². The first-order valence-electron chi connectivity index (χ1n) is 9.61. The first kappa shape index (κ1) is 23.3. The van der Waals surface area contributed by atoms with Crippen molar-refractivity contribution in [1.82, 2.24) is 0 Å². The first-order chi connectivity index (χ1) is 15.0. The molecule has 3 rings (SSSR count). The average molecular weight is 462 g/mol. The predicted molar refractivity (Wildman–Crippen MR) is 117 cm³/mol. The molecule has 0 heterocycles. The van der Waals surface area contributed by atoms with E-state index in [0.29, 0.717) is 11.3 Å². The van der Waals surface area contributed by atoms with Crippen molar-refractivity contribution in [3.05, 3.63) is 89.5 Å². The van der Waals surface area contributed by atoms with Crippen molar-refractivity contribution in [2.75, 3.05) is 16.2 Å². The molecule has 0 radical (unpaired) electrons. The van der Waals surface area contributed by atoms with Crippen LogP contribution in [0.5, 0.6) is 0 Å². The van der Waals surface area contributed by atoms with Gasteiger partial charge in [0.25, 0.3) is 10.0 Å². The van der Waals surface area contributed by atoms with Crippen LogP contribution in [-0.4, -0.2) is 20.9 Å². The van der Waals surface area contributed by atoms with E-state index in [9.17, 15) is 26.4 Å². The number of amides is 1. The molecule has 0 atom stereocenters. The van der Waals surface area contributed by atoms with Gasteiger partial charge in [0.2, 0.25) is 5.91 Å². The highest BCUT2D eigenvalue weighted by Crippen LogP contribution is 2.31. The van der Waals surface area contributed by atoms with E-state index in [0.717, 1.165) is 22.0 Å². The lowest BCUT2D eigenvalue weighted by atomic mass is 10.1. The van der Waals surface area contributed by atoms with Gasteiger partial charge >= 0.3 is 6.18 Å². The second-order valence-electron chi connectivity index (χ2n) is 7.17. The number of anilines is 2. The highest BCUT2D eigenvalue weighted by atomic mass is 32.2. The number of sulfonamides is 1. The summed E-state index contributed by atoms with van der Waals surface area (Å²) in [6, 6.07) is 16.9. The van der Waals surface area contributed by atoms with Crippen molar-refractivity contribution < 1.29 is 26.4 Å². The van der Waals surface area contributed by atoms with E-state index in [4.69, 9.17) is 0 Å². The molecule has 0 aliphatic carbocycles. The Morgan fingerprint density at radius 1 is 0.938 bits per heavy atom. The smallest absolute Gasteiger partial charge is 0.325 e. The summed E-state index contributed by atoms with van der Waals surface area (Å²) < 4.78 is 66.6. The fourth-order valence-corrected chi connectivity index (χ4v) is 4.63. The summed E-state index contributed by atoms with van der Waals surface area (Å²) in [5.74, 6) is -0.773. The fraction of sp³-hybridized carbons (Fsp3) is 0.174. The summed E-state index contributed by atoms with van der Waals surface area (Å²) >= 11 is 0. The van der Waals surface area contributed by atoms with E-state index in [1.165, 1.54) is 24.3 Å². The van der Waals surface area contributed by atoms with Crippen molar-refractivity contribution in [1.29, 1.82) is 0 Å². The lowest BCUT2D eigenvalue weighted by Gasteiger charge is -2.26. The molecule has 5 nitrogen and oxygen atoms in total. The molecule has 168 valence electrons. The Kier molecular flexibility index (Phi) is 6.59. The van der Waals surface area contributed by atoms with Gasteiger partial charge in [0.15, 0.2) is 0 Å². The van der Waals surface area contributed by atoms with Crippen molar-refractivity contribution >= 4 is 27.3 Å². The van der Waals surface area contributed by atoms with Gasteiger partial charge in [-0.25, -0.2) is 8.42 Å². The fourth-order valence-electron chi connectivity index (χ4n) is 3.13. The molecular weight excluding hydrogens is 441 g/mol. The summed E-state index contributed by atoms with van der Waals surface area (Å²) in [6.07, 6.45) is -4.57. The molecule has 0 bridgehead atoms. The van der Waals surface area contributed by atoms with Crippen molar-refractivity contribution in [3.8, 4) is 0 Å². The van der Waals surface area contributed by atoms with Crippen LogP contribution in [0, 0.1) is 13.8 Å². The average Bonchev–Trinajstić information content (AvgIpc) is 2.74. The Morgan fingerprint density at radius 2 is 1.59 bits per heavy atom. The van der Waals surface area contributed by atoms with Crippen LogP contribution < -0.4 is 9.62 Å². The van der Waals surface area contributed by atoms with Crippen LogP contribution >= 0.6 is 0 Å². The van der Waals surface area contributed by atoms with Gasteiger partial charge in [-0.05, 0) is 61.4 Å². The molecule has 0 spiro atoms. The number of alkyl halides is 3. The zero-order valence-electron chi connectivity index (χ0n) is 17.3. The minimum atomic E-state index is -4.57. The van der Waals surface area contributed by atoms with Gasteiger partial charge in [-0.15, -0.1) is 0 Å². The van der Waals surface area contributed by atoms with Crippen LogP contribution in [0.15, 0.2) is 77.7 Å². The number of rotatable bonds is 6. The topological polar surface area (TPSA) is 66.5 Å². The van der Waals surface area contributed by atoms with Crippen LogP contribution in [0.1, 0.15) is 16.7 Å². The Morgan fingerprint density at radius 3 is 2.25 bits per heavy atom. The normalized spacial score (nSPS) is 11.8. The predicted octanol–water partition coefficient (Wildman–Crippen LogP) is 5.16. The van der Waals surface area contributed by atoms with E-state index in [2.05, 4.69) is 5.32 Å². The zero-order valence-corrected chi connectivity index (χ0v) is 18.2. The van der Waals surface area contributed by atoms with Gasteiger partial charge in [-0.2, -0.15) is 13.2 Å². The minimum Gasteiger partial charge on any atom is -0.325 e. The van der Waals surface area contributed by atoms with Crippen LogP contribution in [0.3, 0.4) is 0 Å². The van der Waals surface area contributed by atoms with Gasteiger partial charge in [-0.3, -0.25) is 9.10 Å². The molecule has 0 fully saturated rings. The lowest BCUT2D eigenvalue weighted by Crippen LogP contribution is -2.38. The summed E-state index contributed by atoms with van der Waals surface area (Å²) in [5, 5.41) is 2.37. The van der Waals surface area contributed by atoms with Crippen molar-refractivity contribution in [2.24, 2.45) is 0 Å². The van der Waals surface area contributed by atoms with Crippen LogP contribution in [0.25, 0.3) is 0 Å². The van der Waals surface area contributed by atoms with Gasteiger partial charge in [0, 0.05) is 5.69 Å². The molecule has 1 N–H and O–H groups in total. The van der Waals surface area contributed by atoms with E-state index in [1.807, 2.05) is 13.0 Å². The monoisotopic (exact) mass is 462 g/mol. The molecule has 3 aromatic rings. The zero-order chi connectivity index (χ0) is 23.5. The molecule has 0 saturated heterocycles. The molecule has 9 heteroatoms.